The monoisotopic (exact) mass is 395 g/mol. The molecule has 0 bridgehead atoms. The van der Waals surface area contributed by atoms with Gasteiger partial charge in [-0.1, -0.05) is 0 Å². The highest BCUT2D eigenvalue weighted by atomic mass is 79.9. The van der Waals surface area contributed by atoms with Crippen LogP contribution >= 0.6 is 15.9 Å². The van der Waals surface area contributed by atoms with Crippen LogP contribution in [0.5, 0.6) is 0 Å². The number of nitrogens with zero attached hydrogens (tertiary/aromatic N) is 5. The second-order valence-electron chi connectivity index (χ2n) is 6.11. The van der Waals surface area contributed by atoms with Gasteiger partial charge in [0.25, 0.3) is 5.91 Å². The SMILES string of the molecule is Cc1nnc2n1CC(C(=O)O)N(C(=O)c1cc(Br)cn1C(C)C)C2. The Balaban J connectivity index is 2.00. The number of aromatic nitrogens is 4. The van der Waals surface area contributed by atoms with Crippen molar-refractivity contribution in [2.24, 2.45) is 0 Å². The largest absolute Gasteiger partial charge is 0.480 e. The van der Waals surface area contributed by atoms with Crippen LogP contribution in [0.1, 0.15) is 42.0 Å². The first kappa shape index (κ1) is 16.7. The number of hydrogen-bond donors (Lipinski definition) is 1. The molecule has 1 unspecified atom stereocenters. The lowest BCUT2D eigenvalue weighted by molar-refractivity contribution is -0.143. The summed E-state index contributed by atoms with van der Waals surface area (Å²) in [6.07, 6.45) is 1.82. The molecular formula is C15H18BrN5O3. The minimum absolute atomic E-state index is 0.0780. The first-order valence-electron chi connectivity index (χ1n) is 7.59. The molecule has 1 atom stereocenters. The minimum atomic E-state index is -1.04. The average molecular weight is 396 g/mol. The summed E-state index contributed by atoms with van der Waals surface area (Å²) in [6, 6.07) is 0.842. The molecule has 2 aromatic heterocycles. The van der Waals surface area contributed by atoms with Crippen molar-refractivity contribution in [3.8, 4) is 0 Å². The van der Waals surface area contributed by atoms with E-state index in [9.17, 15) is 14.7 Å². The number of carboxylic acid groups (broad SMARTS) is 1. The molecule has 0 aliphatic carbocycles. The van der Waals surface area contributed by atoms with Gasteiger partial charge in [-0.3, -0.25) is 4.79 Å². The Kier molecular flexibility index (Phi) is 4.20. The Morgan fingerprint density at radius 1 is 1.38 bits per heavy atom. The van der Waals surface area contributed by atoms with Gasteiger partial charge in [0.2, 0.25) is 0 Å². The fraction of sp³-hybridized carbons (Fsp3) is 0.467. The Labute approximate surface area is 147 Å². The zero-order valence-corrected chi connectivity index (χ0v) is 15.2. The van der Waals surface area contributed by atoms with Gasteiger partial charge in [0.05, 0.1) is 13.1 Å². The summed E-state index contributed by atoms with van der Waals surface area (Å²) < 4.78 is 4.36. The maximum Gasteiger partial charge on any atom is 0.328 e. The highest BCUT2D eigenvalue weighted by Crippen LogP contribution is 2.25. The van der Waals surface area contributed by atoms with Gasteiger partial charge >= 0.3 is 5.97 Å². The van der Waals surface area contributed by atoms with Crippen LogP contribution in [-0.4, -0.2) is 47.3 Å². The van der Waals surface area contributed by atoms with Gasteiger partial charge < -0.3 is 19.1 Å². The summed E-state index contributed by atoms with van der Waals surface area (Å²) in [7, 11) is 0. The molecule has 1 aliphatic heterocycles. The van der Waals surface area contributed by atoms with E-state index in [0.717, 1.165) is 4.47 Å². The van der Waals surface area contributed by atoms with E-state index in [1.807, 2.05) is 24.6 Å². The van der Waals surface area contributed by atoms with Crippen LogP contribution in [0.15, 0.2) is 16.7 Å². The number of fused-ring (bicyclic) bond motifs is 1. The molecule has 2 aromatic rings. The fourth-order valence-corrected chi connectivity index (χ4v) is 3.37. The maximum atomic E-state index is 13.0. The van der Waals surface area contributed by atoms with Crippen molar-refractivity contribution in [1.82, 2.24) is 24.2 Å². The molecule has 128 valence electrons. The van der Waals surface area contributed by atoms with Gasteiger partial charge in [0.15, 0.2) is 5.82 Å². The van der Waals surface area contributed by atoms with E-state index < -0.39 is 12.0 Å². The van der Waals surface area contributed by atoms with E-state index in [1.165, 1.54) is 4.90 Å². The Bertz CT molecular complexity index is 810. The summed E-state index contributed by atoms with van der Waals surface area (Å²) in [6.45, 7) is 5.98. The van der Waals surface area contributed by atoms with Crippen LogP contribution in [0.2, 0.25) is 0 Å². The van der Waals surface area contributed by atoms with Crippen LogP contribution in [0.25, 0.3) is 0 Å². The number of hydrogen-bond acceptors (Lipinski definition) is 4. The van der Waals surface area contributed by atoms with E-state index in [0.29, 0.717) is 17.3 Å². The molecule has 3 rings (SSSR count). The predicted octanol–water partition coefficient (Wildman–Crippen LogP) is 1.84. The number of aliphatic carboxylic acids is 1. The van der Waals surface area contributed by atoms with Crippen LogP contribution in [-0.2, 0) is 17.9 Å². The van der Waals surface area contributed by atoms with Crippen molar-refractivity contribution in [3.05, 3.63) is 34.1 Å². The molecule has 0 fully saturated rings. The number of amides is 1. The highest BCUT2D eigenvalue weighted by Gasteiger charge is 2.37. The molecule has 9 heteroatoms. The van der Waals surface area contributed by atoms with Crippen LogP contribution < -0.4 is 0 Å². The lowest BCUT2D eigenvalue weighted by Gasteiger charge is -2.33. The molecule has 0 saturated heterocycles. The lowest BCUT2D eigenvalue weighted by atomic mass is 10.1. The Morgan fingerprint density at radius 3 is 2.71 bits per heavy atom. The standard InChI is InChI=1S/C15H18BrN5O3/c1-8(2)19-5-10(16)4-11(19)14(22)21-7-13-18-17-9(3)20(13)6-12(21)15(23)24/h4-5,8,12H,6-7H2,1-3H3,(H,23,24). The van der Waals surface area contributed by atoms with Gasteiger partial charge in [-0.05, 0) is 42.8 Å². The van der Waals surface area contributed by atoms with Crippen molar-refractivity contribution in [3.63, 3.8) is 0 Å². The summed E-state index contributed by atoms with van der Waals surface area (Å²) in [5, 5.41) is 17.6. The molecule has 0 saturated carbocycles. The number of carbonyl (C=O) groups excluding carboxylic acids is 1. The molecule has 0 aromatic carbocycles. The summed E-state index contributed by atoms with van der Waals surface area (Å²) in [4.78, 5) is 26.1. The van der Waals surface area contributed by atoms with E-state index in [1.54, 1.807) is 17.6 Å². The Hall–Kier alpha value is -2.16. The van der Waals surface area contributed by atoms with Gasteiger partial charge in [-0.25, -0.2) is 4.79 Å². The van der Waals surface area contributed by atoms with Crippen molar-refractivity contribution in [2.75, 3.05) is 0 Å². The molecular weight excluding hydrogens is 378 g/mol. The van der Waals surface area contributed by atoms with Crippen molar-refractivity contribution >= 4 is 27.8 Å². The quantitative estimate of drug-likeness (QED) is 0.855. The number of aryl methyl sites for hydroxylation is 1. The molecule has 1 N–H and O–H groups in total. The summed E-state index contributed by atoms with van der Waals surface area (Å²) in [5.74, 6) is -0.116. The average Bonchev–Trinajstić information content (AvgIpc) is 3.09. The second kappa shape index (κ2) is 6.04. The predicted molar refractivity (Wildman–Crippen MR) is 88.6 cm³/mol. The molecule has 3 heterocycles. The third kappa shape index (κ3) is 2.72. The zero-order valence-electron chi connectivity index (χ0n) is 13.6. The Morgan fingerprint density at radius 2 is 2.08 bits per heavy atom. The van der Waals surface area contributed by atoms with E-state index in [4.69, 9.17) is 0 Å². The molecule has 0 radical (unpaired) electrons. The van der Waals surface area contributed by atoms with Crippen LogP contribution in [0.4, 0.5) is 0 Å². The second-order valence-corrected chi connectivity index (χ2v) is 7.02. The van der Waals surface area contributed by atoms with Gasteiger partial charge in [-0.15, -0.1) is 10.2 Å². The number of carbonyl (C=O) groups is 2. The fourth-order valence-electron chi connectivity index (χ4n) is 2.93. The first-order valence-corrected chi connectivity index (χ1v) is 8.38. The van der Waals surface area contributed by atoms with E-state index in [-0.39, 0.29) is 25.0 Å². The van der Waals surface area contributed by atoms with Gasteiger partial charge in [0, 0.05) is 16.7 Å². The van der Waals surface area contributed by atoms with Crippen molar-refractivity contribution in [2.45, 2.75) is 45.9 Å². The zero-order chi connectivity index (χ0) is 17.6. The third-order valence-electron chi connectivity index (χ3n) is 4.19. The maximum absolute atomic E-state index is 13.0. The third-order valence-corrected chi connectivity index (χ3v) is 4.63. The van der Waals surface area contributed by atoms with E-state index in [2.05, 4.69) is 26.1 Å². The molecule has 1 amide bonds. The first-order chi connectivity index (χ1) is 11.3. The van der Waals surface area contributed by atoms with Gasteiger partial charge in [0.1, 0.15) is 17.6 Å². The molecule has 24 heavy (non-hydrogen) atoms. The minimum Gasteiger partial charge on any atom is -0.480 e. The number of rotatable bonds is 3. The van der Waals surface area contributed by atoms with Crippen LogP contribution in [0.3, 0.4) is 0 Å². The lowest BCUT2D eigenvalue weighted by Crippen LogP contribution is -2.51. The van der Waals surface area contributed by atoms with Crippen LogP contribution in [0, 0.1) is 6.92 Å². The topological polar surface area (TPSA) is 93.2 Å². The molecule has 8 nitrogen and oxygen atoms in total. The molecule has 1 aliphatic rings. The van der Waals surface area contributed by atoms with Gasteiger partial charge in [-0.2, -0.15) is 0 Å². The highest BCUT2D eigenvalue weighted by molar-refractivity contribution is 9.10. The smallest absolute Gasteiger partial charge is 0.328 e. The van der Waals surface area contributed by atoms with Crippen molar-refractivity contribution in [1.29, 1.82) is 0 Å². The number of carboxylic acids is 1. The van der Waals surface area contributed by atoms with E-state index >= 15 is 0 Å². The van der Waals surface area contributed by atoms with Crippen molar-refractivity contribution < 1.29 is 14.7 Å². The molecule has 0 spiro atoms. The number of halogens is 1. The normalized spacial score (nSPS) is 17.2. The summed E-state index contributed by atoms with van der Waals surface area (Å²) >= 11 is 3.38. The summed E-state index contributed by atoms with van der Waals surface area (Å²) in [5.41, 5.74) is 0.452.